The van der Waals surface area contributed by atoms with E-state index in [1.165, 1.54) is 0 Å². The molecule has 0 amide bonds. The molecule has 1 fully saturated rings. The van der Waals surface area contributed by atoms with Gasteiger partial charge in [-0.3, -0.25) is 4.90 Å². The van der Waals surface area contributed by atoms with Crippen LogP contribution < -0.4 is 5.32 Å². The third kappa shape index (κ3) is 6.43. The summed E-state index contributed by atoms with van der Waals surface area (Å²) in [5.74, 6) is -0.522. The summed E-state index contributed by atoms with van der Waals surface area (Å²) < 4.78 is 53.6. The molecule has 1 aliphatic heterocycles. The third-order valence-corrected chi connectivity index (χ3v) is 4.30. The summed E-state index contributed by atoms with van der Waals surface area (Å²) in [6.07, 6.45) is -3.97. The molecule has 1 N–H and O–H groups in total. The summed E-state index contributed by atoms with van der Waals surface area (Å²) in [7, 11) is 0. The van der Waals surface area contributed by atoms with Crippen molar-refractivity contribution in [2.24, 2.45) is 5.92 Å². The van der Waals surface area contributed by atoms with E-state index in [9.17, 15) is 17.6 Å². The number of piperazine rings is 1. The van der Waals surface area contributed by atoms with Gasteiger partial charge < -0.3 is 5.32 Å². The molecule has 25 heavy (non-hydrogen) atoms. The zero-order valence-electron chi connectivity index (χ0n) is 14.0. The lowest BCUT2D eigenvalue weighted by Crippen LogP contribution is -2.45. The van der Waals surface area contributed by atoms with Gasteiger partial charge in [-0.05, 0) is 24.5 Å². The number of nitrogens with one attached hydrogen (secondary N) is 1. The molecule has 0 aromatic heterocycles. The highest BCUT2D eigenvalue weighted by atomic mass is 35.5. The van der Waals surface area contributed by atoms with Crippen molar-refractivity contribution in [2.45, 2.75) is 32.5 Å². The lowest BCUT2D eigenvalue weighted by atomic mass is 9.93. The van der Waals surface area contributed by atoms with E-state index in [-0.39, 0.29) is 36.3 Å². The normalized spacial score (nSPS) is 17.0. The first-order valence-corrected chi connectivity index (χ1v) is 8.09. The Morgan fingerprint density at radius 1 is 1.16 bits per heavy atom. The van der Waals surface area contributed by atoms with Crippen molar-refractivity contribution in [1.29, 1.82) is 0 Å². The highest BCUT2D eigenvalue weighted by Gasteiger charge is 2.34. The molecule has 1 saturated heterocycles. The Morgan fingerprint density at radius 2 is 1.72 bits per heavy atom. The van der Waals surface area contributed by atoms with Crippen molar-refractivity contribution in [3.8, 4) is 0 Å². The van der Waals surface area contributed by atoms with Crippen molar-refractivity contribution in [3.05, 3.63) is 34.1 Å². The number of hydrogen-bond donors (Lipinski definition) is 1. The predicted molar refractivity (Wildman–Crippen MR) is 97.5 cm³/mol. The van der Waals surface area contributed by atoms with Crippen molar-refractivity contribution in [1.82, 2.24) is 10.2 Å². The van der Waals surface area contributed by atoms with Crippen LogP contribution in [0.3, 0.4) is 0 Å². The van der Waals surface area contributed by atoms with Gasteiger partial charge in [-0.1, -0.05) is 25.4 Å². The number of hydrogen-bond acceptors (Lipinski definition) is 2. The fourth-order valence-corrected chi connectivity index (χ4v) is 3.16. The van der Waals surface area contributed by atoms with Crippen molar-refractivity contribution >= 4 is 36.4 Å². The molecule has 0 bridgehead atoms. The quantitative estimate of drug-likeness (QED) is 0.656. The van der Waals surface area contributed by atoms with Gasteiger partial charge in [0, 0.05) is 37.8 Å². The second-order valence-corrected chi connectivity index (χ2v) is 6.70. The standard InChI is InChI=1S/C16H21ClF4N2.2ClH/c1-10(2)7-14(23-5-3-22-4-6-23)12-8-11(16(19,20)21)9-13(17)15(12)18;;/h8-10,14,22H,3-7H2,1-2H3;2*1H/t14-;;/m0../s1. The molecule has 0 spiro atoms. The number of nitrogens with zero attached hydrogens (tertiary/aromatic N) is 1. The van der Waals surface area contributed by atoms with E-state index in [0.717, 1.165) is 19.2 Å². The first-order chi connectivity index (χ1) is 10.7. The lowest BCUT2D eigenvalue weighted by Gasteiger charge is -2.36. The molecule has 0 unspecified atom stereocenters. The first-order valence-electron chi connectivity index (χ1n) is 7.71. The first kappa shape index (κ1) is 24.7. The summed E-state index contributed by atoms with van der Waals surface area (Å²) in [6, 6.07) is 1.16. The van der Waals surface area contributed by atoms with Crippen LogP contribution in [0.5, 0.6) is 0 Å². The van der Waals surface area contributed by atoms with Crippen molar-refractivity contribution < 1.29 is 17.6 Å². The average molecular weight is 426 g/mol. The molecular formula is C16H23Cl3F4N2. The van der Waals surface area contributed by atoms with E-state index in [0.29, 0.717) is 25.6 Å². The number of benzene rings is 1. The van der Waals surface area contributed by atoms with Crippen LogP contribution in [0, 0.1) is 11.7 Å². The SMILES string of the molecule is CC(C)C[C@@H](c1cc(C(F)(F)F)cc(Cl)c1F)N1CCNCC1.Cl.Cl. The minimum Gasteiger partial charge on any atom is -0.314 e. The van der Waals surface area contributed by atoms with Gasteiger partial charge in [-0.2, -0.15) is 13.2 Å². The van der Waals surface area contributed by atoms with Crippen LogP contribution in [0.25, 0.3) is 0 Å². The van der Waals surface area contributed by atoms with Gasteiger partial charge in [0.15, 0.2) is 0 Å². The summed E-state index contributed by atoms with van der Waals surface area (Å²) in [5, 5.41) is 2.72. The van der Waals surface area contributed by atoms with Crippen LogP contribution in [0.4, 0.5) is 17.6 Å². The van der Waals surface area contributed by atoms with Gasteiger partial charge in [0.25, 0.3) is 0 Å². The lowest BCUT2D eigenvalue weighted by molar-refractivity contribution is -0.137. The predicted octanol–water partition coefficient (Wildman–Crippen LogP) is 5.33. The maximum Gasteiger partial charge on any atom is 0.416 e. The van der Waals surface area contributed by atoms with Gasteiger partial charge in [-0.15, -0.1) is 24.8 Å². The van der Waals surface area contributed by atoms with E-state index in [4.69, 9.17) is 11.6 Å². The molecule has 1 aromatic rings. The monoisotopic (exact) mass is 424 g/mol. The van der Waals surface area contributed by atoms with Gasteiger partial charge in [0.2, 0.25) is 0 Å². The Morgan fingerprint density at radius 3 is 2.20 bits per heavy atom. The van der Waals surface area contributed by atoms with E-state index in [2.05, 4.69) is 5.32 Å². The molecule has 9 heteroatoms. The van der Waals surface area contributed by atoms with Gasteiger partial charge in [0.05, 0.1) is 10.6 Å². The maximum atomic E-state index is 14.5. The second kappa shape index (κ2) is 10.2. The van der Waals surface area contributed by atoms with Gasteiger partial charge >= 0.3 is 6.18 Å². The molecule has 0 aliphatic carbocycles. The van der Waals surface area contributed by atoms with Crippen LogP contribution in [-0.4, -0.2) is 31.1 Å². The molecule has 1 atom stereocenters. The Labute approximate surface area is 163 Å². The maximum absolute atomic E-state index is 14.5. The van der Waals surface area contributed by atoms with Crippen LogP contribution >= 0.6 is 36.4 Å². The van der Waals surface area contributed by atoms with Gasteiger partial charge in [-0.25, -0.2) is 4.39 Å². The van der Waals surface area contributed by atoms with Crippen molar-refractivity contribution in [3.63, 3.8) is 0 Å². The Hall–Kier alpha value is -0.270. The van der Waals surface area contributed by atoms with E-state index in [1.54, 1.807) is 0 Å². The number of rotatable bonds is 4. The minimum absolute atomic E-state index is 0. The molecule has 146 valence electrons. The Balaban J connectivity index is 0.00000288. The average Bonchev–Trinajstić information content (AvgIpc) is 2.47. The fraction of sp³-hybridized carbons (Fsp3) is 0.625. The Kier molecular flexibility index (Phi) is 10.1. The summed E-state index contributed by atoms with van der Waals surface area (Å²) >= 11 is 5.74. The van der Waals surface area contributed by atoms with Crippen LogP contribution in [0.2, 0.25) is 5.02 Å². The van der Waals surface area contributed by atoms with E-state index in [1.807, 2.05) is 18.7 Å². The molecule has 0 radical (unpaired) electrons. The topological polar surface area (TPSA) is 15.3 Å². The van der Waals surface area contributed by atoms with Crippen LogP contribution in [0.15, 0.2) is 12.1 Å². The van der Waals surface area contributed by atoms with Crippen LogP contribution in [-0.2, 0) is 6.18 Å². The van der Waals surface area contributed by atoms with Gasteiger partial charge in [0.1, 0.15) is 5.82 Å². The molecule has 1 aliphatic rings. The molecule has 2 nitrogen and oxygen atoms in total. The highest BCUT2D eigenvalue weighted by Crippen LogP contribution is 2.38. The zero-order chi connectivity index (χ0) is 17.2. The molecule has 1 heterocycles. The largest absolute Gasteiger partial charge is 0.416 e. The smallest absolute Gasteiger partial charge is 0.314 e. The zero-order valence-corrected chi connectivity index (χ0v) is 16.4. The summed E-state index contributed by atoms with van der Waals surface area (Å²) in [4.78, 5) is 2.03. The minimum atomic E-state index is -4.54. The van der Waals surface area contributed by atoms with E-state index >= 15 is 0 Å². The fourth-order valence-electron chi connectivity index (χ4n) is 2.93. The van der Waals surface area contributed by atoms with Crippen LogP contribution in [0.1, 0.15) is 37.4 Å². The summed E-state index contributed by atoms with van der Waals surface area (Å²) in [6.45, 7) is 6.77. The number of alkyl halides is 3. The Bertz CT molecular complexity index is 547. The molecular weight excluding hydrogens is 403 g/mol. The highest BCUT2D eigenvalue weighted by molar-refractivity contribution is 6.30. The second-order valence-electron chi connectivity index (χ2n) is 6.29. The number of halogens is 7. The molecule has 1 aromatic carbocycles. The molecule has 0 saturated carbocycles. The molecule has 2 rings (SSSR count). The van der Waals surface area contributed by atoms with Crippen molar-refractivity contribution in [2.75, 3.05) is 26.2 Å². The third-order valence-electron chi connectivity index (χ3n) is 4.03. The summed E-state index contributed by atoms with van der Waals surface area (Å²) in [5.41, 5.74) is -0.858. The van der Waals surface area contributed by atoms with E-state index < -0.39 is 28.6 Å².